The SMILES string of the molecule is [B]Cc1ccc(S(=O)(=O)N2CCN(Cc3ccc(-c4ccc(C(C)(C)O)cc4)cc3)CC2)cc1. The largest absolute Gasteiger partial charge is 0.386 e. The highest BCUT2D eigenvalue weighted by molar-refractivity contribution is 7.89. The summed E-state index contributed by atoms with van der Waals surface area (Å²) in [4.78, 5) is 2.61. The van der Waals surface area contributed by atoms with Crippen LogP contribution in [0.15, 0.2) is 77.7 Å². The maximum absolute atomic E-state index is 13.0. The van der Waals surface area contributed by atoms with Gasteiger partial charge in [0.25, 0.3) is 0 Å². The van der Waals surface area contributed by atoms with Crippen LogP contribution in [0.25, 0.3) is 11.1 Å². The Bertz CT molecular complexity index is 1190. The second kappa shape index (κ2) is 10.0. The van der Waals surface area contributed by atoms with Crippen molar-refractivity contribution in [3.63, 3.8) is 0 Å². The van der Waals surface area contributed by atoms with Crippen molar-refractivity contribution in [2.75, 3.05) is 26.2 Å². The van der Waals surface area contributed by atoms with Crippen molar-refractivity contribution < 1.29 is 13.5 Å². The average Bonchev–Trinajstić information content (AvgIpc) is 2.84. The molecule has 34 heavy (non-hydrogen) atoms. The zero-order valence-corrected chi connectivity index (χ0v) is 20.6. The average molecular weight is 474 g/mol. The van der Waals surface area contributed by atoms with Crippen molar-refractivity contribution >= 4 is 17.9 Å². The quantitative estimate of drug-likeness (QED) is 0.530. The number of hydrogen-bond acceptors (Lipinski definition) is 4. The van der Waals surface area contributed by atoms with E-state index in [4.69, 9.17) is 7.85 Å². The van der Waals surface area contributed by atoms with E-state index < -0.39 is 15.6 Å². The molecule has 1 aliphatic rings. The van der Waals surface area contributed by atoms with Gasteiger partial charge in [-0.3, -0.25) is 4.90 Å². The third-order valence-electron chi connectivity index (χ3n) is 6.41. The zero-order chi connectivity index (χ0) is 24.3. The summed E-state index contributed by atoms with van der Waals surface area (Å²) in [5.41, 5.74) is 4.40. The van der Waals surface area contributed by atoms with Gasteiger partial charge in [-0.1, -0.05) is 72.5 Å². The molecule has 0 unspecified atom stereocenters. The molecule has 1 N–H and O–H groups in total. The topological polar surface area (TPSA) is 60.9 Å². The molecule has 5 nitrogen and oxygen atoms in total. The van der Waals surface area contributed by atoms with E-state index in [0.717, 1.165) is 28.8 Å². The zero-order valence-electron chi connectivity index (χ0n) is 19.8. The van der Waals surface area contributed by atoms with Crippen molar-refractivity contribution in [1.29, 1.82) is 0 Å². The minimum atomic E-state index is -3.48. The Morgan fingerprint density at radius 2 is 1.29 bits per heavy atom. The molecule has 1 fully saturated rings. The fourth-order valence-electron chi connectivity index (χ4n) is 4.21. The Hall–Kier alpha value is -2.45. The van der Waals surface area contributed by atoms with Gasteiger partial charge < -0.3 is 5.11 Å². The first-order chi connectivity index (χ1) is 16.2. The summed E-state index contributed by atoms with van der Waals surface area (Å²) in [6.45, 7) is 6.70. The van der Waals surface area contributed by atoms with Crippen LogP contribution in [0.3, 0.4) is 0 Å². The molecule has 176 valence electrons. The maximum Gasteiger partial charge on any atom is 0.243 e. The molecule has 0 amide bonds. The van der Waals surface area contributed by atoms with E-state index in [-0.39, 0.29) is 0 Å². The van der Waals surface area contributed by atoms with Gasteiger partial charge in [0, 0.05) is 32.7 Å². The maximum atomic E-state index is 13.0. The van der Waals surface area contributed by atoms with Crippen LogP contribution in [0, 0.1) is 0 Å². The molecule has 2 radical (unpaired) electrons. The summed E-state index contributed by atoms with van der Waals surface area (Å²) in [6, 6.07) is 23.3. The number of benzene rings is 3. The number of hydrogen-bond donors (Lipinski definition) is 1. The monoisotopic (exact) mass is 474 g/mol. The van der Waals surface area contributed by atoms with Crippen molar-refractivity contribution in [2.45, 2.75) is 37.2 Å². The lowest BCUT2D eigenvalue weighted by Gasteiger charge is -2.34. The van der Waals surface area contributed by atoms with E-state index in [2.05, 4.69) is 29.2 Å². The Balaban J connectivity index is 1.34. The molecule has 0 atom stereocenters. The summed E-state index contributed by atoms with van der Waals surface area (Å²) in [7, 11) is 2.13. The molecular formula is C27H31BN2O3S. The predicted molar refractivity (Wildman–Crippen MR) is 137 cm³/mol. The third kappa shape index (κ3) is 5.61. The summed E-state index contributed by atoms with van der Waals surface area (Å²) in [6.07, 6.45) is 0.397. The fourth-order valence-corrected chi connectivity index (χ4v) is 5.63. The molecule has 1 aliphatic heterocycles. The Kier molecular flexibility index (Phi) is 7.29. The van der Waals surface area contributed by atoms with Crippen molar-refractivity contribution in [3.05, 3.63) is 89.5 Å². The predicted octanol–water partition coefficient (Wildman–Crippen LogP) is 3.76. The Morgan fingerprint density at radius 1 is 0.794 bits per heavy atom. The second-order valence-electron chi connectivity index (χ2n) is 9.36. The van der Waals surface area contributed by atoms with E-state index in [0.29, 0.717) is 37.4 Å². The van der Waals surface area contributed by atoms with E-state index in [1.165, 1.54) is 5.56 Å². The van der Waals surface area contributed by atoms with Crippen molar-refractivity contribution in [2.24, 2.45) is 0 Å². The first kappa shape index (κ1) is 24.7. The molecular weight excluding hydrogens is 443 g/mol. The number of piperazine rings is 1. The Morgan fingerprint density at radius 3 is 1.79 bits per heavy atom. The molecule has 3 aromatic carbocycles. The smallest absolute Gasteiger partial charge is 0.243 e. The first-order valence-corrected chi connectivity index (χ1v) is 13.0. The van der Waals surface area contributed by atoms with Crippen LogP contribution in [0.5, 0.6) is 0 Å². The number of sulfonamides is 1. The van der Waals surface area contributed by atoms with Gasteiger partial charge in [-0.05, 0) is 48.2 Å². The van der Waals surface area contributed by atoms with Crippen LogP contribution >= 0.6 is 0 Å². The number of aliphatic hydroxyl groups is 1. The van der Waals surface area contributed by atoms with Crippen LogP contribution in [0.1, 0.15) is 30.5 Å². The van der Waals surface area contributed by atoms with Gasteiger partial charge in [0.2, 0.25) is 10.0 Å². The molecule has 7 heteroatoms. The number of rotatable bonds is 7. The van der Waals surface area contributed by atoms with E-state index in [1.54, 1.807) is 42.4 Å². The van der Waals surface area contributed by atoms with Gasteiger partial charge in [-0.2, -0.15) is 4.31 Å². The molecule has 3 aromatic rings. The van der Waals surface area contributed by atoms with Gasteiger partial charge in [0.1, 0.15) is 0 Å². The van der Waals surface area contributed by atoms with Gasteiger partial charge in [-0.15, -0.1) is 0 Å². The molecule has 0 saturated carbocycles. The van der Waals surface area contributed by atoms with E-state index in [9.17, 15) is 13.5 Å². The van der Waals surface area contributed by atoms with Gasteiger partial charge >= 0.3 is 0 Å². The second-order valence-corrected chi connectivity index (χ2v) is 11.3. The van der Waals surface area contributed by atoms with Crippen LogP contribution in [0.2, 0.25) is 0 Å². The van der Waals surface area contributed by atoms with Gasteiger partial charge in [0.05, 0.1) is 18.3 Å². The third-order valence-corrected chi connectivity index (χ3v) is 8.33. The minimum absolute atomic E-state index is 0.323. The summed E-state index contributed by atoms with van der Waals surface area (Å²) in [5.74, 6) is 0. The number of nitrogens with zero attached hydrogens (tertiary/aromatic N) is 2. The molecule has 0 spiro atoms. The van der Waals surface area contributed by atoms with Crippen LogP contribution in [0.4, 0.5) is 0 Å². The highest BCUT2D eigenvalue weighted by Gasteiger charge is 2.28. The lowest BCUT2D eigenvalue weighted by Crippen LogP contribution is -2.48. The van der Waals surface area contributed by atoms with Crippen LogP contribution < -0.4 is 0 Å². The van der Waals surface area contributed by atoms with E-state index >= 15 is 0 Å². The molecule has 1 saturated heterocycles. The molecule has 0 aliphatic carbocycles. The van der Waals surface area contributed by atoms with Crippen molar-refractivity contribution in [1.82, 2.24) is 9.21 Å². The summed E-state index contributed by atoms with van der Waals surface area (Å²) >= 11 is 0. The van der Waals surface area contributed by atoms with Crippen molar-refractivity contribution in [3.8, 4) is 11.1 Å². The highest BCUT2D eigenvalue weighted by atomic mass is 32.2. The first-order valence-electron chi connectivity index (χ1n) is 11.6. The highest BCUT2D eigenvalue weighted by Crippen LogP contribution is 2.25. The lowest BCUT2D eigenvalue weighted by atomic mass is 9.95. The molecule has 0 bridgehead atoms. The van der Waals surface area contributed by atoms with Gasteiger partial charge in [0.15, 0.2) is 0 Å². The minimum Gasteiger partial charge on any atom is -0.386 e. The lowest BCUT2D eigenvalue weighted by molar-refractivity contribution is 0.0786. The fraction of sp³-hybridized carbons (Fsp3) is 0.333. The standard InChI is InChI=1S/C27H31BN2O3S/c1-27(2,31)25-11-9-24(10-12-25)23-7-3-22(4-8-23)20-29-15-17-30(18-16-29)34(32,33)26-13-5-21(19-28)6-14-26/h3-14,31H,15-20H2,1-2H3. The summed E-state index contributed by atoms with van der Waals surface area (Å²) < 4.78 is 27.5. The van der Waals surface area contributed by atoms with Crippen LogP contribution in [-0.2, 0) is 28.5 Å². The van der Waals surface area contributed by atoms with E-state index in [1.807, 2.05) is 24.3 Å². The summed E-state index contributed by atoms with van der Waals surface area (Å²) in [5, 5.41) is 10.1. The Labute approximate surface area is 204 Å². The van der Waals surface area contributed by atoms with Gasteiger partial charge in [-0.25, -0.2) is 8.42 Å². The van der Waals surface area contributed by atoms with Crippen LogP contribution in [-0.4, -0.2) is 56.8 Å². The molecule has 4 rings (SSSR count). The molecule has 0 aromatic heterocycles. The normalized spacial score (nSPS) is 16.0. The molecule has 1 heterocycles.